The molecule has 1 radical (unpaired) electrons. The molecule has 0 aliphatic rings. The minimum absolute atomic E-state index is 0.366. The Morgan fingerprint density at radius 3 is 1.29 bits per heavy atom. The van der Waals surface area contributed by atoms with E-state index >= 15 is 0 Å². The molecule has 0 aliphatic heterocycles. The maximum atomic E-state index is 8.58. The van der Waals surface area contributed by atoms with E-state index in [9.17, 15) is 0 Å². The van der Waals surface area contributed by atoms with Crippen molar-refractivity contribution in [2.75, 3.05) is 6.61 Å². The van der Waals surface area contributed by atoms with Gasteiger partial charge in [-0.3, -0.25) is 0 Å². The molecular formula is C13H27O. The molecule has 0 spiro atoms. The van der Waals surface area contributed by atoms with Gasteiger partial charge in [0.05, 0.1) is 0 Å². The number of hydrogen-bond donors (Lipinski definition) is 1. The van der Waals surface area contributed by atoms with Crippen molar-refractivity contribution in [2.24, 2.45) is 0 Å². The highest BCUT2D eigenvalue weighted by Gasteiger charge is 1.91. The fourth-order valence-corrected chi connectivity index (χ4v) is 1.70. The number of unbranched alkanes of at least 4 members (excludes halogenated alkanes) is 10. The van der Waals surface area contributed by atoms with Gasteiger partial charge in [-0.2, -0.15) is 0 Å². The van der Waals surface area contributed by atoms with Gasteiger partial charge in [0, 0.05) is 6.61 Å². The van der Waals surface area contributed by atoms with Crippen molar-refractivity contribution in [3.05, 3.63) is 6.92 Å². The molecule has 0 aromatic rings. The first-order valence-corrected chi connectivity index (χ1v) is 6.32. The summed E-state index contributed by atoms with van der Waals surface area (Å²) < 4.78 is 0. The number of aliphatic hydroxyl groups is 1. The number of rotatable bonds is 11. The highest BCUT2D eigenvalue weighted by molar-refractivity contribution is 4.48. The summed E-state index contributed by atoms with van der Waals surface area (Å²) in [6, 6.07) is 0. The van der Waals surface area contributed by atoms with E-state index in [1.807, 2.05) is 0 Å². The third-order valence-electron chi connectivity index (χ3n) is 2.66. The van der Waals surface area contributed by atoms with E-state index in [1.165, 1.54) is 57.8 Å². The van der Waals surface area contributed by atoms with E-state index in [4.69, 9.17) is 5.11 Å². The maximum absolute atomic E-state index is 8.58. The highest BCUT2D eigenvalue weighted by Crippen LogP contribution is 2.10. The van der Waals surface area contributed by atoms with Gasteiger partial charge in [0.15, 0.2) is 0 Å². The molecule has 0 aliphatic carbocycles. The smallest absolute Gasteiger partial charge is 0.0431 e. The quantitative estimate of drug-likeness (QED) is 0.497. The van der Waals surface area contributed by atoms with Crippen LogP contribution in [0.3, 0.4) is 0 Å². The molecule has 85 valence electrons. The van der Waals surface area contributed by atoms with Gasteiger partial charge < -0.3 is 5.11 Å². The van der Waals surface area contributed by atoms with Crippen molar-refractivity contribution in [3.8, 4) is 0 Å². The summed E-state index contributed by atoms with van der Waals surface area (Å²) in [5.41, 5.74) is 0. The van der Waals surface area contributed by atoms with Crippen molar-refractivity contribution in [2.45, 2.75) is 70.6 Å². The van der Waals surface area contributed by atoms with Crippen LogP contribution >= 0.6 is 0 Å². The van der Waals surface area contributed by atoms with Crippen LogP contribution in [0.5, 0.6) is 0 Å². The lowest BCUT2D eigenvalue weighted by molar-refractivity contribution is 0.282. The van der Waals surface area contributed by atoms with Crippen LogP contribution in [0.4, 0.5) is 0 Å². The SMILES string of the molecule is [CH2]CCCCCCCCCCCCO. The molecule has 0 saturated carbocycles. The summed E-state index contributed by atoms with van der Waals surface area (Å²) in [7, 11) is 0. The molecule has 0 saturated heterocycles. The van der Waals surface area contributed by atoms with E-state index < -0.39 is 0 Å². The van der Waals surface area contributed by atoms with Crippen molar-refractivity contribution in [3.63, 3.8) is 0 Å². The zero-order valence-electron chi connectivity index (χ0n) is 9.64. The standard InChI is InChI=1S/C13H27O/c1-2-3-4-5-6-7-8-9-10-11-12-13-14/h14H,1-13H2. The molecule has 0 bridgehead atoms. The van der Waals surface area contributed by atoms with E-state index in [-0.39, 0.29) is 0 Å². The van der Waals surface area contributed by atoms with E-state index in [2.05, 4.69) is 6.92 Å². The van der Waals surface area contributed by atoms with Crippen molar-refractivity contribution < 1.29 is 5.11 Å². The molecule has 1 nitrogen and oxygen atoms in total. The summed E-state index contributed by atoms with van der Waals surface area (Å²) in [6.45, 7) is 4.21. The Bertz CT molecular complexity index is 79.2. The fourth-order valence-electron chi connectivity index (χ4n) is 1.70. The molecule has 0 rings (SSSR count). The highest BCUT2D eigenvalue weighted by atomic mass is 16.2. The predicted molar refractivity (Wildman–Crippen MR) is 63.2 cm³/mol. The molecule has 0 fully saturated rings. The van der Waals surface area contributed by atoms with Gasteiger partial charge in [-0.1, -0.05) is 71.1 Å². The Hall–Kier alpha value is -0.0400. The van der Waals surface area contributed by atoms with Gasteiger partial charge in [0.25, 0.3) is 0 Å². The first-order valence-electron chi connectivity index (χ1n) is 6.32. The van der Waals surface area contributed by atoms with Crippen LogP contribution in [0.1, 0.15) is 70.6 Å². The van der Waals surface area contributed by atoms with Crippen LogP contribution in [0.25, 0.3) is 0 Å². The molecule has 0 unspecified atom stereocenters. The van der Waals surface area contributed by atoms with E-state index in [1.54, 1.807) is 0 Å². The average Bonchev–Trinajstić information content (AvgIpc) is 2.21. The Labute approximate surface area is 89.9 Å². The monoisotopic (exact) mass is 199 g/mol. The summed E-state index contributed by atoms with van der Waals surface area (Å²) >= 11 is 0. The summed E-state index contributed by atoms with van der Waals surface area (Å²) in [5, 5.41) is 8.58. The van der Waals surface area contributed by atoms with Gasteiger partial charge in [-0.05, 0) is 6.42 Å². The Balaban J connectivity index is 2.78. The summed E-state index contributed by atoms with van der Waals surface area (Å²) in [4.78, 5) is 0. The van der Waals surface area contributed by atoms with Gasteiger partial charge >= 0.3 is 0 Å². The third-order valence-corrected chi connectivity index (χ3v) is 2.66. The second-order valence-electron chi connectivity index (χ2n) is 4.11. The zero-order valence-corrected chi connectivity index (χ0v) is 9.64. The Morgan fingerprint density at radius 2 is 0.929 bits per heavy atom. The van der Waals surface area contributed by atoms with Crippen molar-refractivity contribution in [1.82, 2.24) is 0 Å². The first-order chi connectivity index (χ1) is 6.91. The minimum atomic E-state index is 0.366. The van der Waals surface area contributed by atoms with Crippen LogP contribution < -0.4 is 0 Å². The van der Waals surface area contributed by atoms with Gasteiger partial charge in [0.2, 0.25) is 0 Å². The molecule has 1 N–H and O–H groups in total. The fraction of sp³-hybridized carbons (Fsp3) is 0.923. The minimum Gasteiger partial charge on any atom is -0.396 e. The summed E-state index contributed by atoms with van der Waals surface area (Å²) in [6.07, 6.45) is 14.2. The zero-order chi connectivity index (χ0) is 10.5. The molecule has 0 amide bonds. The lowest BCUT2D eigenvalue weighted by Gasteiger charge is -2.01. The average molecular weight is 199 g/mol. The molecule has 0 heterocycles. The molecular weight excluding hydrogens is 172 g/mol. The Morgan fingerprint density at radius 1 is 0.571 bits per heavy atom. The lowest BCUT2D eigenvalue weighted by atomic mass is 10.1. The van der Waals surface area contributed by atoms with Crippen molar-refractivity contribution >= 4 is 0 Å². The van der Waals surface area contributed by atoms with Crippen LogP contribution in [-0.4, -0.2) is 11.7 Å². The molecule has 0 aromatic carbocycles. The molecule has 0 aromatic heterocycles. The third kappa shape index (κ3) is 12.0. The normalized spacial score (nSPS) is 10.7. The van der Waals surface area contributed by atoms with Crippen LogP contribution in [0.15, 0.2) is 0 Å². The van der Waals surface area contributed by atoms with Gasteiger partial charge in [-0.15, -0.1) is 0 Å². The number of aliphatic hydroxyl groups excluding tert-OH is 1. The second-order valence-corrected chi connectivity index (χ2v) is 4.11. The molecule has 0 atom stereocenters. The lowest BCUT2D eigenvalue weighted by Crippen LogP contribution is -1.84. The van der Waals surface area contributed by atoms with Crippen LogP contribution in [0.2, 0.25) is 0 Å². The van der Waals surface area contributed by atoms with Gasteiger partial charge in [0.1, 0.15) is 0 Å². The number of hydrogen-bond acceptors (Lipinski definition) is 1. The molecule has 1 heteroatoms. The molecule has 14 heavy (non-hydrogen) atoms. The van der Waals surface area contributed by atoms with Crippen LogP contribution in [-0.2, 0) is 0 Å². The van der Waals surface area contributed by atoms with E-state index in [0.717, 1.165) is 12.8 Å². The summed E-state index contributed by atoms with van der Waals surface area (Å²) in [5.74, 6) is 0. The van der Waals surface area contributed by atoms with Crippen molar-refractivity contribution in [1.29, 1.82) is 0 Å². The first kappa shape index (κ1) is 14.0. The second kappa shape index (κ2) is 13.0. The topological polar surface area (TPSA) is 20.2 Å². The van der Waals surface area contributed by atoms with Crippen LogP contribution in [0, 0.1) is 6.92 Å². The van der Waals surface area contributed by atoms with E-state index in [0.29, 0.717) is 6.61 Å². The largest absolute Gasteiger partial charge is 0.396 e. The Kier molecular flexibility index (Phi) is 12.9. The maximum Gasteiger partial charge on any atom is 0.0431 e. The van der Waals surface area contributed by atoms with Gasteiger partial charge in [-0.25, -0.2) is 0 Å². The predicted octanol–water partition coefficient (Wildman–Crippen LogP) is 4.10.